The Morgan fingerprint density at radius 3 is 2.12 bits per heavy atom. The van der Waals surface area contributed by atoms with Crippen LogP contribution in [0.25, 0.3) is 0 Å². The number of nitrogens with zero attached hydrogens (tertiary/aromatic N) is 1. The molecule has 0 saturated heterocycles. The number of hydrogen-bond donors (Lipinski definition) is 1. The Bertz CT molecular complexity index is 103. The van der Waals surface area contributed by atoms with Crippen LogP contribution in [0, 0.1) is 5.41 Å². The third-order valence-electron chi connectivity index (χ3n) is 0.623. The molecule has 1 N–H and O–H groups in total. The van der Waals surface area contributed by atoms with E-state index in [9.17, 15) is 0 Å². The molecule has 0 bridgehead atoms. The summed E-state index contributed by atoms with van der Waals surface area (Å²) in [5.74, 6) is 0. The van der Waals surface area contributed by atoms with Gasteiger partial charge >= 0.3 is 0 Å². The second-order valence-electron chi connectivity index (χ2n) is 1.96. The van der Waals surface area contributed by atoms with E-state index in [4.69, 9.17) is 5.41 Å². The van der Waals surface area contributed by atoms with Crippen molar-refractivity contribution >= 4 is 5.71 Å². The van der Waals surface area contributed by atoms with Crippen LogP contribution in [0.1, 0.15) is 6.92 Å². The lowest BCUT2D eigenvalue weighted by Crippen LogP contribution is -2.00. The Balaban J connectivity index is 3.50. The van der Waals surface area contributed by atoms with Crippen LogP contribution >= 0.6 is 0 Å². The van der Waals surface area contributed by atoms with Crippen LogP contribution < -0.4 is 0 Å². The lowest BCUT2D eigenvalue weighted by Gasteiger charge is -2.01. The van der Waals surface area contributed by atoms with Crippen LogP contribution in [0.2, 0.25) is 0 Å². The maximum absolute atomic E-state index is 6.97. The van der Waals surface area contributed by atoms with E-state index in [1.165, 1.54) is 0 Å². The van der Waals surface area contributed by atoms with E-state index in [1.54, 1.807) is 13.0 Å². The van der Waals surface area contributed by atoms with Crippen molar-refractivity contribution in [3.05, 3.63) is 12.3 Å². The summed E-state index contributed by atoms with van der Waals surface area (Å²) in [5.41, 5.74) is 0.582. The summed E-state index contributed by atoms with van der Waals surface area (Å²) in [6.45, 7) is 1.75. The number of allylic oxidation sites excluding steroid dienone is 1. The van der Waals surface area contributed by atoms with Gasteiger partial charge in [-0.3, -0.25) is 0 Å². The summed E-state index contributed by atoms with van der Waals surface area (Å²) in [4.78, 5) is 1.90. The lowest BCUT2D eigenvalue weighted by molar-refractivity contribution is 0.564. The minimum Gasteiger partial charge on any atom is -0.383 e. The molecule has 0 fully saturated rings. The standard InChI is InChI=1S/C6H12N2/c1-6(7)4-5-8(2)3/h4-5,7H,1-3H3/b5-4-,7-6?. The Hall–Kier alpha value is -0.790. The molecule has 0 amide bonds. The van der Waals surface area contributed by atoms with Gasteiger partial charge in [0, 0.05) is 26.0 Å². The van der Waals surface area contributed by atoms with Crippen LogP contribution in [0.4, 0.5) is 0 Å². The van der Waals surface area contributed by atoms with Crippen molar-refractivity contribution in [2.24, 2.45) is 0 Å². The van der Waals surface area contributed by atoms with E-state index in [1.807, 2.05) is 25.2 Å². The van der Waals surface area contributed by atoms with Gasteiger partial charge in [-0.15, -0.1) is 0 Å². The second kappa shape index (κ2) is 3.24. The molecule has 0 aromatic carbocycles. The van der Waals surface area contributed by atoms with Gasteiger partial charge in [-0.2, -0.15) is 0 Å². The summed E-state index contributed by atoms with van der Waals surface area (Å²) >= 11 is 0. The maximum atomic E-state index is 6.97. The summed E-state index contributed by atoms with van der Waals surface area (Å²) in [5, 5.41) is 6.97. The van der Waals surface area contributed by atoms with Crippen molar-refractivity contribution in [3.63, 3.8) is 0 Å². The van der Waals surface area contributed by atoms with Gasteiger partial charge in [0.2, 0.25) is 0 Å². The summed E-state index contributed by atoms with van der Waals surface area (Å²) in [6.07, 6.45) is 3.60. The fraction of sp³-hybridized carbons (Fsp3) is 0.500. The first-order chi connectivity index (χ1) is 3.63. The molecule has 0 aromatic heterocycles. The van der Waals surface area contributed by atoms with E-state index in [0.717, 1.165) is 0 Å². The average Bonchev–Trinajstić information content (AvgIpc) is 1.61. The Kier molecular flexibility index (Phi) is 2.92. The number of nitrogens with one attached hydrogen (secondary N) is 1. The predicted octanol–water partition coefficient (Wildman–Crippen LogP) is 1.10. The van der Waals surface area contributed by atoms with Crippen LogP contribution in [0.5, 0.6) is 0 Å². The molecule has 8 heavy (non-hydrogen) atoms. The topological polar surface area (TPSA) is 27.1 Å². The zero-order valence-corrected chi connectivity index (χ0v) is 5.60. The average molecular weight is 112 g/mol. The van der Waals surface area contributed by atoms with Crippen LogP contribution in [-0.2, 0) is 0 Å². The van der Waals surface area contributed by atoms with Crippen LogP contribution in [0.3, 0.4) is 0 Å². The minimum atomic E-state index is 0.582. The van der Waals surface area contributed by atoms with Gasteiger partial charge < -0.3 is 10.3 Å². The molecule has 0 unspecified atom stereocenters. The van der Waals surface area contributed by atoms with Gasteiger partial charge in [-0.05, 0) is 13.0 Å². The molecule has 0 heterocycles. The van der Waals surface area contributed by atoms with Gasteiger partial charge in [0.05, 0.1) is 0 Å². The predicted molar refractivity (Wildman–Crippen MR) is 36.2 cm³/mol. The van der Waals surface area contributed by atoms with Crippen molar-refractivity contribution in [1.29, 1.82) is 5.41 Å². The van der Waals surface area contributed by atoms with Gasteiger partial charge in [0.25, 0.3) is 0 Å². The van der Waals surface area contributed by atoms with E-state index in [0.29, 0.717) is 5.71 Å². The fourth-order valence-corrected chi connectivity index (χ4v) is 0.261. The summed E-state index contributed by atoms with van der Waals surface area (Å²) in [6, 6.07) is 0. The van der Waals surface area contributed by atoms with Gasteiger partial charge in [0.15, 0.2) is 0 Å². The molecular formula is C6H12N2. The number of rotatable bonds is 2. The van der Waals surface area contributed by atoms with Crippen LogP contribution in [-0.4, -0.2) is 24.7 Å². The fourth-order valence-electron chi connectivity index (χ4n) is 0.261. The Morgan fingerprint density at radius 2 is 2.00 bits per heavy atom. The third kappa shape index (κ3) is 5.21. The molecule has 0 aromatic rings. The SMILES string of the molecule is CC(=N)/C=C\N(C)C. The summed E-state index contributed by atoms with van der Waals surface area (Å²) in [7, 11) is 3.86. The first kappa shape index (κ1) is 7.21. The molecule has 0 atom stereocenters. The zero-order valence-electron chi connectivity index (χ0n) is 5.60. The highest BCUT2D eigenvalue weighted by Crippen LogP contribution is 1.77. The van der Waals surface area contributed by atoms with Crippen molar-refractivity contribution < 1.29 is 0 Å². The Morgan fingerprint density at radius 1 is 1.50 bits per heavy atom. The van der Waals surface area contributed by atoms with Crippen molar-refractivity contribution in [2.75, 3.05) is 14.1 Å². The molecule has 2 heteroatoms. The molecule has 0 rings (SSSR count). The van der Waals surface area contributed by atoms with E-state index in [2.05, 4.69) is 0 Å². The first-order valence-corrected chi connectivity index (χ1v) is 2.52. The second-order valence-corrected chi connectivity index (χ2v) is 1.96. The highest BCUT2D eigenvalue weighted by Gasteiger charge is 1.75. The van der Waals surface area contributed by atoms with Crippen LogP contribution in [0.15, 0.2) is 12.3 Å². The molecule has 0 aliphatic heterocycles. The largest absolute Gasteiger partial charge is 0.383 e. The molecule has 2 nitrogen and oxygen atoms in total. The van der Waals surface area contributed by atoms with E-state index in [-0.39, 0.29) is 0 Å². The minimum absolute atomic E-state index is 0.582. The zero-order chi connectivity index (χ0) is 6.57. The third-order valence-corrected chi connectivity index (χ3v) is 0.623. The monoisotopic (exact) mass is 112 g/mol. The van der Waals surface area contributed by atoms with Gasteiger partial charge in [0.1, 0.15) is 0 Å². The molecule has 0 aliphatic carbocycles. The maximum Gasteiger partial charge on any atom is 0.0297 e. The Labute approximate surface area is 50.3 Å². The smallest absolute Gasteiger partial charge is 0.0297 e. The van der Waals surface area contributed by atoms with Gasteiger partial charge in [-0.25, -0.2) is 0 Å². The highest BCUT2D eigenvalue weighted by atomic mass is 15.0. The molecule has 0 radical (unpaired) electrons. The quantitative estimate of drug-likeness (QED) is 0.532. The summed E-state index contributed by atoms with van der Waals surface area (Å²) < 4.78 is 0. The first-order valence-electron chi connectivity index (χ1n) is 2.52. The molecule has 0 aliphatic rings. The van der Waals surface area contributed by atoms with E-state index >= 15 is 0 Å². The van der Waals surface area contributed by atoms with Crippen molar-refractivity contribution in [3.8, 4) is 0 Å². The number of hydrogen-bond acceptors (Lipinski definition) is 2. The molecule has 0 saturated carbocycles. The van der Waals surface area contributed by atoms with Gasteiger partial charge in [-0.1, -0.05) is 0 Å². The normalized spacial score (nSPS) is 9.88. The van der Waals surface area contributed by atoms with E-state index < -0.39 is 0 Å². The molecule has 0 spiro atoms. The van der Waals surface area contributed by atoms with Crippen molar-refractivity contribution in [2.45, 2.75) is 6.92 Å². The molecular weight excluding hydrogens is 100 g/mol. The highest BCUT2D eigenvalue weighted by molar-refractivity contribution is 5.89. The van der Waals surface area contributed by atoms with Crippen molar-refractivity contribution in [1.82, 2.24) is 4.90 Å². The molecule has 46 valence electrons. The lowest BCUT2D eigenvalue weighted by atomic mass is 10.4.